The summed E-state index contributed by atoms with van der Waals surface area (Å²) in [6, 6.07) is 5.06. The van der Waals surface area contributed by atoms with Gasteiger partial charge in [-0.1, -0.05) is 0 Å². The van der Waals surface area contributed by atoms with Gasteiger partial charge in [-0.25, -0.2) is 9.78 Å². The van der Waals surface area contributed by atoms with Crippen LogP contribution in [0.1, 0.15) is 37.9 Å². The van der Waals surface area contributed by atoms with E-state index in [0.717, 1.165) is 11.3 Å². The quantitative estimate of drug-likeness (QED) is 0.746. The van der Waals surface area contributed by atoms with Crippen LogP contribution in [0.4, 0.5) is 10.6 Å². The molecule has 0 unspecified atom stereocenters. The fourth-order valence-electron chi connectivity index (χ4n) is 2.34. The van der Waals surface area contributed by atoms with Crippen LogP contribution in [0.25, 0.3) is 5.82 Å². The largest absolute Gasteiger partial charge is 0.481 e. The van der Waals surface area contributed by atoms with Gasteiger partial charge in [-0.2, -0.15) is 9.78 Å². The lowest BCUT2D eigenvalue weighted by Gasteiger charge is -2.25. The number of amides is 2. The molecule has 0 aromatic carbocycles. The van der Waals surface area contributed by atoms with E-state index in [2.05, 4.69) is 20.7 Å². The van der Waals surface area contributed by atoms with E-state index in [1.807, 2.05) is 26.0 Å². The van der Waals surface area contributed by atoms with Gasteiger partial charge in [0, 0.05) is 24.2 Å². The molecule has 2 rings (SSSR count). The highest BCUT2D eigenvalue weighted by molar-refractivity contribution is 5.89. The molecule has 8 nitrogen and oxygen atoms in total. The number of carbonyl (C=O) groups is 2. The number of aromatic nitrogens is 3. The van der Waals surface area contributed by atoms with Crippen LogP contribution in [0.5, 0.6) is 0 Å². The summed E-state index contributed by atoms with van der Waals surface area (Å²) in [6.07, 6.45) is 1.99. The summed E-state index contributed by atoms with van der Waals surface area (Å²) in [7, 11) is 0. The van der Waals surface area contributed by atoms with Gasteiger partial charge in [0.1, 0.15) is 5.82 Å². The monoisotopic (exact) mass is 345 g/mol. The predicted octanol–water partition coefficient (Wildman–Crippen LogP) is 2.65. The zero-order chi connectivity index (χ0) is 18.6. The molecule has 0 radical (unpaired) electrons. The number of hydrogen-bond acceptors (Lipinski definition) is 4. The molecule has 8 heteroatoms. The first-order valence-corrected chi connectivity index (χ1v) is 7.97. The molecule has 2 heterocycles. The Balaban J connectivity index is 2.12. The number of nitrogens with zero attached hydrogens (tertiary/aromatic N) is 3. The van der Waals surface area contributed by atoms with Crippen LogP contribution in [0.2, 0.25) is 0 Å². The van der Waals surface area contributed by atoms with Crippen molar-refractivity contribution in [3.05, 3.63) is 35.7 Å². The predicted molar refractivity (Wildman–Crippen MR) is 93.9 cm³/mol. The second kappa shape index (κ2) is 7.33. The second-order valence-corrected chi connectivity index (χ2v) is 6.63. The van der Waals surface area contributed by atoms with E-state index < -0.39 is 17.5 Å². The van der Waals surface area contributed by atoms with E-state index in [1.54, 1.807) is 30.8 Å². The molecule has 0 saturated carbocycles. The summed E-state index contributed by atoms with van der Waals surface area (Å²) in [6.45, 7) is 7.33. The molecule has 0 atom stereocenters. The molecule has 0 spiro atoms. The lowest BCUT2D eigenvalue weighted by molar-refractivity contribution is -0.137. The van der Waals surface area contributed by atoms with Crippen molar-refractivity contribution in [3.8, 4) is 5.82 Å². The molecule has 3 N–H and O–H groups in total. The zero-order valence-electron chi connectivity index (χ0n) is 14.8. The van der Waals surface area contributed by atoms with Crippen LogP contribution in [-0.4, -0.2) is 37.4 Å². The number of hydrogen-bond donors (Lipinski definition) is 3. The van der Waals surface area contributed by atoms with E-state index in [9.17, 15) is 9.59 Å². The maximum absolute atomic E-state index is 12.3. The SMILES string of the molecule is Cc1ccnc(-n2nc(C)cc2NC(=O)NC(C)(C)CCC(=O)O)c1. The van der Waals surface area contributed by atoms with E-state index in [4.69, 9.17) is 5.11 Å². The molecule has 0 bridgehead atoms. The molecule has 0 aliphatic rings. The minimum atomic E-state index is -0.894. The Morgan fingerprint density at radius 2 is 2.00 bits per heavy atom. The molecule has 0 aliphatic heterocycles. The van der Waals surface area contributed by atoms with E-state index in [0.29, 0.717) is 18.1 Å². The van der Waals surface area contributed by atoms with Crippen molar-refractivity contribution in [2.24, 2.45) is 0 Å². The summed E-state index contributed by atoms with van der Waals surface area (Å²) >= 11 is 0. The van der Waals surface area contributed by atoms with Gasteiger partial charge in [-0.05, 0) is 51.8 Å². The number of aliphatic carboxylic acids is 1. The Hall–Kier alpha value is -2.90. The third kappa shape index (κ3) is 5.30. The van der Waals surface area contributed by atoms with Crippen LogP contribution in [-0.2, 0) is 4.79 Å². The summed E-state index contributed by atoms with van der Waals surface area (Å²) in [5.74, 6) is 0.199. The topological polar surface area (TPSA) is 109 Å². The first-order chi connectivity index (χ1) is 11.7. The van der Waals surface area contributed by atoms with E-state index in [1.165, 1.54) is 0 Å². The zero-order valence-corrected chi connectivity index (χ0v) is 14.8. The minimum absolute atomic E-state index is 0.0163. The lowest BCUT2D eigenvalue weighted by atomic mass is 9.99. The Morgan fingerprint density at radius 3 is 2.64 bits per heavy atom. The summed E-state index contributed by atoms with van der Waals surface area (Å²) in [4.78, 5) is 27.3. The second-order valence-electron chi connectivity index (χ2n) is 6.63. The number of carboxylic acids is 1. The average Bonchev–Trinajstić information content (AvgIpc) is 2.85. The molecule has 0 aliphatic carbocycles. The summed E-state index contributed by atoms with van der Waals surface area (Å²) < 4.78 is 1.56. The first-order valence-electron chi connectivity index (χ1n) is 7.97. The van der Waals surface area contributed by atoms with Crippen molar-refractivity contribution in [3.63, 3.8) is 0 Å². The molecular formula is C17H23N5O3. The normalized spacial score (nSPS) is 11.2. The summed E-state index contributed by atoms with van der Waals surface area (Å²) in [5, 5.41) is 18.7. The molecule has 2 amide bonds. The molecule has 2 aromatic rings. The Labute approximate surface area is 146 Å². The van der Waals surface area contributed by atoms with Crippen LogP contribution in [0, 0.1) is 13.8 Å². The van der Waals surface area contributed by atoms with Gasteiger partial charge in [-0.15, -0.1) is 0 Å². The van der Waals surface area contributed by atoms with Crippen LogP contribution < -0.4 is 10.6 Å². The number of carbonyl (C=O) groups excluding carboxylic acids is 1. The highest BCUT2D eigenvalue weighted by Crippen LogP contribution is 2.17. The Bertz CT molecular complexity index is 782. The van der Waals surface area contributed by atoms with Crippen molar-refractivity contribution in [1.29, 1.82) is 0 Å². The van der Waals surface area contributed by atoms with Gasteiger partial charge in [0.05, 0.1) is 5.69 Å². The highest BCUT2D eigenvalue weighted by Gasteiger charge is 2.22. The molecular weight excluding hydrogens is 322 g/mol. The Kier molecular flexibility index (Phi) is 5.41. The van der Waals surface area contributed by atoms with Gasteiger partial charge in [0.15, 0.2) is 5.82 Å². The van der Waals surface area contributed by atoms with Crippen molar-refractivity contribution >= 4 is 17.8 Å². The maximum atomic E-state index is 12.3. The molecule has 134 valence electrons. The molecule has 25 heavy (non-hydrogen) atoms. The van der Waals surface area contributed by atoms with E-state index in [-0.39, 0.29) is 6.42 Å². The summed E-state index contributed by atoms with van der Waals surface area (Å²) in [5.41, 5.74) is 1.12. The van der Waals surface area contributed by atoms with Crippen LogP contribution in [0.3, 0.4) is 0 Å². The number of pyridine rings is 1. The number of urea groups is 1. The molecule has 0 saturated heterocycles. The van der Waals surface area contributed by atoms with Crippen molar-refractivity contribution < 1.29 is 14.7 Å². The third-order valence-corrected chi connectivity index (χ3v) is 3.61. The van der Waals surface area contributed by atoms with Gasteiger partial charge < -0.3 is 10.4 Å². The van der Waals surface area contributed by atoms with Gasteiger partial charge >= 0.3 is 12.0 Å². The lowest BCUT2D eigenvalue weighted by Crippen LogP contribution is -2.46. The van der Waals surface area contributed by atoms with Crippen molar-refractivity contribution in [2.75, 3.05) is 5.32 Å². The number of carboxylic acid groups (broad SMARTS) is 1. The third-order valence-electron chi connectivity index (χ3n) is 3.61. The van der Waals surface area contributed by atoms with Crippen molar-refractivity contribution in [1.82, 2.24) is 20.1 Å². The van der Waals surface area contributed by atoms with Crippen molar-refractivity contribution in [2.45, 2.75) is 46.1 Å². The standard InChI is InChI=1S/C17H23N5O3/c1-11-6-8-18-13(9-11)22-14(10-12(2)21-22)19-16(25)20-17(3,4)7-5-15(23)24/h6,8-10H,5,7H2,1-4H3,(H,23,24)(H2,19,20,25). The van der Waals surface area contributed by atoms with Gasteiger partial charge in [0.2, 0.25) is 0 Å². The van der Waals surface area contributed by atoms with Gasteiger partial charge in [-0.3, -0.25) is 10.1 Å². The Morgan fingerprint density at radius 1 is 1.28 bits per heavy atom. The van der Waals surface area contributed by atoms with Gasteiger partial charge in [0.25, 0.3) is 0 Å². The van der Waals surface area contributed by atoms with E-state index >= 15 is 0 Å². The number of rotatable bonds is 6. The maximum Gasteiger partial charge on any atom is 0.320 e. The smallest absolute Gasteiger partial charge is 0.320 e. The fourth-order valence-corrected chi connectivity index (χ4v) is 2.34. The number of anilines is 1. The molecule has 0 fully saturated rings. The average molecular weight is 345 g/mol. The van der Waals surface area contributed by atoms with Crippen LogP contribution in [0.15, 0.2) is 24.4 Å². The number of aryl methyl sites for hydroxylation is 2. The highest BCUT2D eigenvalue weighted by atomic mass is 16.4. The fraction of sp³-hybridized carbons (Fsp3) is 0.412. The number of nitrogens with one attached hydrogen (secondary N) is 2. The molecule has 2 aromatic heterocycles. The minimum Gasteiger partial charge on any atom is -0.481 e. The first kappa shape index (κ1) is 18.4. The van der Waals surface area contributed by atoms with Crippen LogP contribution >= 0.6 is 0 Å².